The van der Waals surface area contributed by atoms with E-state index in [4.69, 9.17) is 12.2 Å². The fraction of sp³-hybridized carbons (Fsp3) is 0.300. The second-order valence-corrected chi connectivity index (χ2v) is 6.83. The highest BCUT2D eigenvalue weighted by atomic mass is 32.1. The number of aromatic nitrogens is 2. The lowest BCUT2D eigenvalue weighted by atomic mass is 10.1. The summed E-state index contributed by atoms with van der Waals surface area (Å²) in [6.45, 7) is 2.85. The fourth-order valence-electron chi connectivity index (χ4n) is 2.86. The predicted octanol–water partition coefficient (Wildman–Crippen LogP) is 5.02. The van der Waals surface area contributed by atoms with Crippen LogP contribution in [0.1, 0.15) is 32.0 Å². The quantitative estimate of drug-likeness (QED) is 0.462. The van der Waals surface area contributed by atoms with Crippen LogP contribution in [0.15, 0.2) is 42.5 Å². The Kier molecular flexibility index (Phi) is 5.76. The Morgan fingerprint density at radius 1 is 1.08 bits per heavy atom. The van der Waals surface area contributed by atoms with Crippen molar-refractivity contribution in [1.82, 2.24) is 15.3 Å². The van der Waals surface area contributed by atoms with E-state index in [0.29, 0.717) is 0 Å². The number of nitrogens with zero attached hydrogens (tertiary/aromatic N) is 1. The maximum atomic E-state index is 13.1. The van der Waals surface area contributed by atoms with Gasteiger partial charge in [-0.1, -0.05) is 36.8 Å². The standard InChI is InChI=1S/C20H22FN3S/c1-14(25)22-12-4-2-3-5-20-23-18-11-8-16(13-19(18)24-20)15-6-9-17(21)10-7-15/h6-11,13H,2-5,12H2,1H3,(H,22,25)(H,23,24). The van der Waals surface area contributed by atoms with E-state index in [1.807, 2.05) is 19.1 Å². The Morgan fingerprint density at radius 2 is 1.84 bits per heavy atom. The molecule has 3 nitrogen and oxygen atoms in total. The Bertz CT molecular complexity index is 855. The molecule has 0 aliphatic heterocycles. The molecular weight excluding hydrogens is 333 g/mol. The zero-order valence-electron chi connectivity index (χ0n) is 14.3. The lowest BCUT2D eigenvalue weighted by molar-refractivity contribution is 0.628. The third kappa shape index (κ3) is 4.86. The van der Waals surface area contributed by atoms with Gasteiger partial charge in [-0.05, 0) is 55.2 Å². The SMILES string of the molecule is CC(=S)NCCCCCc1nc2ccc(-c3ccc(F)cc3)cc2[nH]1. The minimum atomic E-state index is -0.218. The molecule has 0 radical (unpaired) electrons. The summed E-state index contributed by atoms with van der Waals surface area (Å²) >= 11 is 4.99. The van der Waals surface area contributed by atoms with Crippen molar-refractivity contribution in [2.45, 2.75) is 32.6 Å². The third-order valence-corrected chi connectivity index (χ3v) is 4.32. The van der Waals surface area contributed by atoms with E-state index >= 15 is 0 Å². The second kappa shape index (κ2) is 8.21. The molecule has 0 spiro atoms. The van der Waals surface area contributed by atoms with Crippen LogP contribution >= 0.6 is 12.2 Å². The van der Waals surface area contributed by atoms with Crippen molar-refractivity contribution < 1.29 is 4.39 Å². The van der Waals surface area contributed by atoms with Crippen LogP contribution in [-0.4, -0.2) is 21.5 Å². The predicted molar refractivity (Wildman–Crippen MR) is 105 cm³/mol. The first kappa shape index (κ1) is 17.5. The summed E-state index contributed by atoms with van der Waals surface area (Å²) in [6.07, 6.45) is 4.30. The molecule has 0 aliphatic carbocycles. The summed E-state index contributed by atoms with van der Waals surface area (Å²) in [5.74, 6) is 0.801. The number of hydrogen-bond donors (Lipinski definition) is 2. The topological polar surface area (TPSA) is 40.7 Å². The number of fused-ring (bicyclic) bond motifs is 1. The van der Waals surface area contributed by atoms with Crippen molar-refractivity contribution in [3.05, 3.63) is 54.1 Å². The van der Waals surface area contributed by atoms with Crippen LogP contribution in [0.2, 0.25) is 0 Å². The summed E-state index contributed by atoms with van der Waals surface area (Å²) in [4.78, 5) is 8.92. The molecule has 5 heteroatoms. The van der Waals surface area contributed by atoms with Gasteiger partial charge in [0.05, 0.1) is 16.0 Å². The third-order valence-electron chi connectivity index (χ3n) is 4.17. The molecule has 130 valence electrons. The number of aryl methyl sites for hydroxylation is 1. The normalized spacial score (nSPS) is 11.0. The number of unbranched alkanes of at least 4 members (excludes halogenated alkanes) is 2. The van der Waals surface area contributed by atoms with Crippen LogP contribution in [0.3, 0.4) is 0 Å². The fourth-order valence-corrected chi connectivity index (χ4v) is 2.96. The van der Waals surface area contributed by atoms with Crippen LogP contribution in [0.4, 0.5) is 4.39 Å². The monoisotopic (exact) mass is 355 g/mol. The minimum absolute atomic E-state index is 0.218. The van der Waals surface area contributed by atoms with Crippen molar-refractivity contribution in [1.29, 1.82) is 0 Å². The lowest BCUT2D eigenvalue weighted by Crippen LogP contribution is -2.19. The molecule has 0 fully saturated rings. The van der Waals surface area contributed by atoms with Crippen molar-refractivity contribution in [2.24, 2.45) is 0 Å². The minimum Gasteiger partial charge on any atom is -0.380 e. The average molecular weight is 355 g/mol. The van der Waals surface area contributed by atoms with E-state index in [-0.39, 0.29) is 5.82 Å². The van der Waals surface area contributed by atoms with Gasteiger partial charge in [-0.25, -0.2) is 9.37 Å². The van der Waals surface area contributed by atoms with Gasteiger partial charge in [-0.15, -0.1) is 0 Å². The molecule has 0 bridgehead atoms. The van der Waals surface area contributed by atoms with Crippen LogP contribution in [0, 0.1) is 5.82 Å². The molecule has 0 saturated heterocycles. The highest BCUT2D eigenvalue weighted by Gasteiger charge is 2.05. The molecule has 0 atom stereocenters. The van der Waals surface area contributed by atoms with E-state index in [2.05, 4.69) is 21.4 Å². The molecule has 0 aliphatic rings. The van der Waals surface area contributed by atoms with Gasteiger partial charge in [0.15, 0.2) is 0 Å². The zero-order valence-corrected chi connectivity index (χ0v) is 15.1. The zero-order chi connectivity index (χ0) is 17.6. The molecular formula is C20H22FN3S. The van der Waals surface area contributed by atoms with Crippen LogP contribution in [0.25, 0.3) is 22.2 Å². The molecule has 1 aromatic heterocycles. The van der Waals surface area contributed by atoms with E-state index < -0.39 is 0 Å². The molecule has 1 heterocycles. The molecule has 3 rings (SSSR count). The van der Waals surface area contributed by atoms with Gasteiger partial charge in [-0.3, -0.25) is 0 Å². The maximum Gasteiger partial charge on any atom is 0.123 e. The maximum absolute atomic E-state index is 13.1. The first-order valence-electron chi connectivity index (χ1n) is 8.61. The van der Waals surface area contributed by atoms with Crippen molar-refractivity contribution in [3.63, 3.8) is 0 Å². The Morgan fingerprint density at radius 3 is 2.60 bits per heavy atom. The Hall–Kier alpha value is -2.27. The Balaban J connectivity index is 1.60. The molecule has 0 amide bonds. The van der Waals surface area contributed by atoms with E-state index in [9.17, 15) is 4.39 Å². The smallest absolute Gasteiger partial charge is 0.123 e. The number of rotatable bonds is 7. The van der Waals surface area contributed by atoms with Gasteiger partial charge in [0, 0.05) is 13.0 Å². The molecule has 0 unspecified atom stereocenters. The lowest BCUT2D eigenvalue weighted by Gasteiger charge is -2.02. The number of nitrogens with one attached hydrogen (secondary N) is 2. The Labute approximate surface area is 152 Å². The summed E-state index contributed by atoms with van der Waals surface area (Å²) < 4.78 is 13.1. The van der Waals surface area contributed by atoms with Crippen LogP contribution in [0.5, 0.6) is 0 Å². The van der Waals surface area contributed by atoms with E-state index in [1.165, 1.54) is 12.1 Å². The highest BCUT2D eigenvalue weighted by molar-refractivity contribution is 7.80. The van der Waals surface area contributed by atoms with Gasteiger partial charge < -0.3 is 10.3 Å². The second-order valence-electron chi connectivity index (χ2n) is 6.22. The summed E-state index contributed by atoms with van der Waals surface area (Å²) in [6, 6.07) is 12.7. The van der Waals surface area contributed by atoms with Gasteiger partial charge in [-0.2, -0.15) is 0 Å². The molecule has 2 N–H and O–H groups in total. The van der Waals surface area contributed by atoms with Crippen LogP contribution in [-0.2, 0) is 6.42 Å². The summed E-state index contributed by atoms with van der Waals surface area (Å²) in [5, 5.41) is 3.18. The molecule has 0 saturated carbocycles. The number of thiocarbonyl (C=S) groups is 1. The molecule has 2 aromatic carbocycles. The highest BCUT2D eigenvalue weighted by Crippen LogP contribution is 2.24. The van der Waals surface area contributed by atoms with Crippen molar-refractivity contribution in [3.8, 4) is 11.1 Å². The number of aromatic amines is 1. The number of benzene rings is 2. The van der Waals surface area contributed by atoms with E-state index in [1.54, 1.807) is 12.1 Å². The van der Waals surface area contributed by atoms with Crippen molar-refractivity contribution in [2.75, 3.05) is 6.54 Å². The van der Waals surface area contributed by atoms with E-state index in [0.717, 1.165) is 65.2 Å². The largest absolute Gasteiger partial charge is 0.380 e. The first-order valence-corrected chi connectivity index (χ1v) is 9.02. The number of H-pyrrole nitrogens is 1. The number of hydrogen-bond acceptors (Lipinski definition) is 2. The molecule has 3 aromatic rings. The first-order chi connectivity index (χ1) is 12.1. The van der Waals surface area contributed by atoms with Crippen LogP contribution < -0.4 is 5.32 Å². The average Bonchev–Trinajstić information content (AvgIpc) is 3.00. The van der Waals surface area contributed by atoms with Gasteiger partial charge >= 0.3 is 0 Å². The summed E-state index contributed by atoms with van der Waals surface area (Å²) in [7, 11) is 0. The number of imidazole rings is 1. The van der Waals surface area contributed by atoms with Gasteiger partial charge in [0.1, 0.15) is 11.6 Å². The summed E-state index contributed by atoms with van der Waals surface area (Å²) in [5.41, 5.74) is 4.05. The van der Waals surface area contributed by atoms with Gasteiger partial charge in [0.2, 0.25) is 0 Å². The number of halogens is 1. The van der Waals surface area contributed by atoms with Crippen molar-refractivity contribution >= 4 is 28.2 Å². The molecule has 25 heavy (non-hydrogen) atoms. The van der Waals surface area contributed by atoms with Gasteiger partial charge in [0.25, 0.3) is 0 Å².